The smallest absolute Gasteiger partial charge is 0.303 e. The van der Waals surface area contributed by atoms with Crippen molar-refractivity contribution >= 4 is 17.6 Å². The second-order valence-corrected chi connectivity index (χ2v) is 6.69. The summed E-state index contributed by atoms with van der Waals surface area (Å²) < 4.78 is 0. The number of carbonyl (C=O) groups excluding carboxylic acids is 1. The largest absolute Gasteiger partial charge is 0.481 e. The second kappa shape index (κ2) is 5.88. The van der Waals surface area contributed by atoms with Crippen LogP contribution in [0.25, 0.3) is 0 Å². The van der Waals surface area contributed by atoms with Gasteiger partial charge in [0.05, 0.1) is 6.42 Å². The van der Waals surface area contributed by atoms with Crippen LogP contribution in [0.2, 0.25) is 0 Å². The van der Waals surface area contributed by atoms with Crippen LogP contribution in [-0.2, 0) is 16.0 Å². The minimum atomic E-state index is -0.859. The molecule has 1 aliphatic heterocycles. The molecule has 0 saturated carbocycles. The molecule has 0 aromatic heterocycles. The van der Waals surface area contributed by atoms with E-state index in [-0.39, 0.29) is 18.7 Å². The number of aryl methyl sites for hydroxylation is 2. The Morgan fingerprint density at radius 3 is 2.67 bits per heavy atom. The van der Waals surface area contributed by atoms with Gasteiger partial charge in [0.2, 0.25) is 5.91 Å². The minimum Gasteiger partial charge on any atom is -0.481 e. The number of carbonyl (C=O) groups is 2. The average molecular weight is 289 g/mol. The zero-order valence-electron chi connectivity index (χ0n) is 13.0. The number of carboxylic acids is 1. The maximum Gasteiger partial charge on any atom is 0.303 e. The van der Waals surface area contributed by atoms with Gasteiger partial charge in [-0.15, -0.1) is 0 Å². The highest BCUT2D eigenvalue weighted by molar-refractivity contribution is 5.95. The van der Waals surface area contributed by atoms with Gasteiger partial charge in [-0.25, -0.2) is 0 Å². The first-order chi connectivity index (χ1) is 9.78. The summed E-state index contributed by atoms with van der Waals surface area (Å²) in [4.78, 5) is 25.3. The van der Waals surface area contributed by atoms with Crippen LogP contribution in [0.5, 0.6) is 0 Å². The van der Waals surface area contributed by atoms with E-state index in [9.17, 15) is 9.59 Å². The Hall–Kier alpha value is -1.84. The van der Waals surface area contributed by atoms with E-state index in [0.717, 1.165) is 25.1 Å². The van der Waals surface area contributed by atoms with Crippen LogP contribution in [-0.4, -0.2) is 23.5 Å². The molecule has 1 aromatic carbocycles. The van der Waals surface area contributed by atoms with Gasteiger partial charge in [0.25, 0.3) is 0 Å². The van der Waals surface area contributed by atoms with Crippen molar-refractivity contribution in [2.24, 2.45) is 5.41 Å². The van der Waals surface area contributed by atoms with Gasteiger partial charge in [-0.2, -0.15) is 0 Å². The van der Waals surface area contributed by atoms with Crippen LogP contribution in [0.1, 0.15) is 44.2 Å². The van der Waals surface area contributed by atoms with Gasteiger partial charge >= 0.3 is 5.97 Å². The molecular formula is C17H23NO3. The van der Waals surface area contributed by atoms with Crippen LogP contribution in [0.3, 0.4) is 0 Å². The van der Waals surface area contributed by atoms with E-state index in [1.54, 1.807) is 0 Å². The van der Waals surface area contributed by atoms with Crippen molar-refractivity contribution in [3.63, 3.8) is 0 Å². The van der Waals surface area contributed by atoms with E-state index in [1.165, 1.54) is 11.1 Å². The van der Waals surface area contributed by atoms with Crippen molar-refractivity contribution < 1.29 is 14.7 Å². The van der Waals surface area contributed by atoms with E-state index < -0.39 is 11.4 Å². The Labute approximate surface area is 125 Å². The first-order valence-corrected chi connectivity index (χ1v) is 7.40. The topological polar surface area (TPSA) is 57.6 Å². The number of carboxylic acid groups (broad SMARTS) is 1. The third kappa shape index (κ3) is 3.84. The molecule has 0 bridgehead atoms. The van der Waals surface area contributed by atoms with Gasteiger partial charge in [0.1, 0.15) is 0 Å². The van der Waals surface area contributed by atoms with Gasteiger partial charge in [0, 0.05) is 18.7 Å². The SMILES string of the molecule is Cc1ccc2c(c1)CCCN2C(=O)CC(C)(C)CC(=O)O. The van der Waals surface area contributed by atoms with E-state index in [4.69, 9.17) is 5.11 Å². The Bertz CT molecular complexity index is 563. The molecule has 1 amide bonds. The number of hydrogen-bond acceptors (Lipinski definition) is 2. The maximum atomic E-state index is 12.6. The monoisotopic (exact) mass is 289 g/mol. The van der Waals surface area contributed by atoms with Crippen molar-refractivity contribution in [2.75, 3.05) is 11.4 Å². The summed E-state index contributed by atoms with van der Waals surface area (Å²) in [5.41, 5.74) is 2.88. The minimum absolute atomic E-state index is 0.00728. The number of benzene rings is 1. The first-order valence-electron chi connectivity index (χ1n) is 7.40. The number of rotatable bonds is 4. The van der Waals surface area contributed by atoms with Gasteiger partial charge in [-0.1, -0.05) is 31.5 Å². The molecule has 21 heavy (non-hydrogen) atoms. The number of aliphatic carboxylic acids is 1. The normalized spacial score (nSPS) is 14.7. The van der Waals surface area contributed by atoms with Gasteiger partial charge in [0.15, 0.2) is 0 Å². The van der Waals surface area contributed by atoms with Crippen LogP contribution in [0.15, 0.2) is 18.2 Å². The molecule has 0 unspecified atom stereocenters. The summed E-state index contributed by atoms with van der Waals surface area (Å²) in [5.74, 6) is -0.839. The Kier molecular flexibility index (Phi) is 4.35. The molecule has 1 N–H and O–H groups in total. The average Bonchev–Trinajstić information content (AvgIpc) is 2.35. The zero-order chi connectivity index (χ0) is 15.6. The molecule has 0 fully saturated rings. The van der Waals surface area contributed by atoms with Crippen molar-refractivity contribution in [1.29, 1.82) is 0 Å². The third-order valence-electron chi connectivity index (χ3n) is 3.91. The first kappa shape index (κ1) is 15.5. The second-order valence-electron chi connectivity index (χ2n) is 6.69. The number of amides is 1. The van der Waals surface area contributed by atoms with E-state index in [1.807, 2.05) is 30.9 Å². The molecule has 0 atom stereocenters. The molecule has 1 aliphatic rings. The number of nitrogens with zero attached hydrogens (tertiary/aromatic N) is 1. The number of hydrogen-bond donors (Lipinski definition) is 1. The highest BCUT2D eigenvalue weighted by atomic mass is 16.4. The quantitative estimate of drug-likeness (QED) is 0.926. The lowest BCUT2D eigenvalue weighted by Crippen LogP contribution is -2.38. The van der Waals surface area contributed by atoms with Gasteiger partial charge in [-0.3, -0.25) is 9.59 Å². The highest BCUT2D eigenvalue weighted by Crippen LogP contribution is 2.32. The summed E-state index contributed by atoms with van der Waals surface area (Å²) in [6, 6.07) is 6.16. The fourth-order valence-electron chi connectivity index (χ4n) is 2.96. The molecule has 1 heterocycles. The molecule has 114 valence electrons. The summed E-state index contributed by atoms with van der Waals surface area (Å²) >= 11 is 0. The lowest BCUT2D eigenvalue weighted by molar-refractivity contribution is -0.139. The number of fused-ring (bicyclic) bond motifs is 1. The zero-order valence-corrected chi connectivity index (χ0v) is 13.0. The predicted molar refractivity (Wildman–Crippen MR) is 82.5 cm³/mol. The van der Waals surface area contributed by atoms with Crippen LogP contribution >= 0.6 is 0 Å². The molecule has 4 heteroatoms. The van der Waals surface area contributed by atoms with Gasteiger partial charge in [-0.05, 0) is 36.8 Å². The van der Waals surface area contributed by atoms with Crippen LogP contribution in [0, 0.1) is 12.3 Å². The summed E-state index contributed by atoms with van der Waals surface area (Å²) in [7, 11) is 0. The van der Waals surface area contributed by atoms with Crippen molar-refractivity contribution in [3.05, 3.63) is 29.3 Å². The standard InChI is InChI=1S/C17H23NO3/c1-12-6-7-14-13(9-12)5-4-8-18(14)15(19)10-17(2,3)11-16(20)21/h6-7,9H,4-5,8,10-11H2,1-3H3,(H,20,21). The maximum absolute atomic E-state index is 12.6. The van der Waals surface area contributed by atoms with Crippen LogP contribution in [0.4, 0.5) is 5.69 Å². The Morgan fingerprint density at radius 2 is 2.00 bits per heavy atom. The van der Waals surface area contributed by atoms with Crippen molar-refractivity contribution in [2.45, 2.75) is 46.5 Å². The highest BCUT2D eigenvalue weighted by Gasteiger charge is 2.30. The molecule has 2 rings (SSSR count). The fraction of sp³-hybridized carbons (Fsp3) is 0.529. The van der Waals surface area contributed by atoms with Crippen LogP contribution < -0.4 is 4.90 Å². The number of anilines is 1. The molecule has 1 aromatic rings. The molecular weight excluding hydrogens is 266 g/mol. The van der Waals surface area contributed by atoms with E-state index in [2.05, 4.69) is 13.0 Å². The summed E-state index contributed by atoms with van der Waals surface area (Å²) in [6.45, 7) is 6.44. The Balaban J connectivity index is 2.16. The molecule has 0 saturated heterocycles. The van der Waals surface area contributed by atoms with Crippen molar-refractivity contribution in [1.82, 2.24) is 0 Å². The molecule has 0 spiro atoms. The summed E-state index contributed by atoms with van der Waals surface area (Å²) in [5, 5.41) is 8.94. The van der Waals surface area contributed by atoms with Gasteiger partial charge < -0.3 is 10.0 Å². The third-order valence-corrected chi connectivity index (χ3v) is 3.91. The predicted octanol–water partition coefficient (Wildman–Crippen LogP) is 3.17. The molecule has 4 nitrogen and oxygen atoms in total. The molecule has 0 radical (unpaired) electrons. The van der Waals surface area contributed by atoms with E-state index in [0.29, 0.717) is 0 Å². The molecule has 0 aliphatic carbocycles. The lowest BCUT2D eigenvalue weighted by Gasteiger charge is -2.32. The fourth-order valence-corrected chi connectivity index (χ4v) is 2.96. The van der Waals surface area contributed by atoms with E-state index >= 15 is 0 Å². The lowest BCUT2D eigenvalue weighted by atomic mass is 9.84. The van der Waals surface area contributed by atoms with Crippen molar-refractivity contribution in [3.8, 4) is 0 Å². The summed E-state index contributed by atoms with van der Waals surface area (Å²) in [6.07, 6.45) is 2.22. The Morgan fingerprint density at radius 1 is 1.29 bits per heavy atom.